The van der Waals surface area contributed by atoms with Gasteiger partial charge in [-0.05, 0) is 53.6 Å². The van der Waals surface area contributed by atoms with Crippen LogP contribution in [0.2, 0.25) is 0 Å². The van der Waals surface area contributed by atoms with Gasteiger partial charge in [0.25, 0.3) is 5.91 Å². The Balaban J connectivity index is 1.67. The monoisotopic (exact) mass is 470 g/mol. The molecule has 2 N–H and O–H groups in total. The molecule has 0 aromatic heterocycles. The van der Waals surface area contributed by atoms with E-state index < -0.39 is 29.9 Å². The SMILES string of the molecule is COc1ccc(C2(c3ccc(OC)cc3)NC(=O)N(CC(=O)Nc3cccc(C#N)c3)C2=O)cc1. The van der Waals surface area contributed by atoms with E-state index in [-0.39, 0.29) is 0 Å². The molecule has 4 amide bonds. The number of nitrogens with zero attached hydrogens (tertiary/aromatic N) is 2. The zero-order valence-electron chi connectivity index (χ0n) is 19.1. The lowest BCUT2D eigenvalue weighted by Crippen LogP contribution is -2.45. The van der Waals surface area contributed by atoms with Gasteiger partial charge in [-0.2, -0.15) is 5.26 Å². The number of nitriles is 1. The number of hydrogen-bond donors (Lipinski definition) is 2. The topological polar surface area (TPSA) is 121 Å². The highest BCUT2D eigenvalue weighted by Crippen LogP contribution is 2.37. The molecule has 0 bridgehead atoms. The van der Waals surface area contributed by atoms with E-state index in [9.17, 15) is 14.4 Å². The van der Waals surface area contributed by atoms with Crippen molar-refractivity contribution in [3.63, 3.8) is 0 Å². The Hall–Kier alpha value is -4.84. The summed E-state index contributed by atoms with van der Waals surface area (Å²) >= 11 is 0. The van der Waals surface area contributed by atoms with Gasteiger partial charge >= 0.3 is 6.03 Å². The van der Waals surface area contributed by atoms with E-state index in [4.69, 9.17) is 14.7 Å². The highest BCUT2D eigenvalue weighted by Gasteiger charge is 2.54. The van der Waals surface area contributed by atoms with Crippen molar-refractivity contribution in [1.82, 2.24) is 10.2 Å². The van der Waals surface area contributed by atoms with Crippen molar-refractivity contribution in [3.05, 3.63) is 89.5 Å². The fourth-order valence-corrected chi connectivity index (χ4v) is 3.97. The van der Waals surface area contributed by atoms with Gasteiger partial charge in [-0.1, -0.05) is 30.3 Å². The molecule has 176 valence electrons. The second kappa shape index (κ2) is 9.57. The first-order chi connectivity index (χ1) is 16.9. The second-order valence-corrected chi connectivity index (χ2v) is 7.77. The third-order valence-electron chi connectivity index (χ3n) is 5.73. The van der Waals surface area contributed by atoms with Crippen molar-refractivity contribution in [3.8, 4) is 17.6 Å². The van der Waals surface area contributed by atoms with Crippen LogP contribution >= 0.6 is 0 Å². The lowest BCUT2D eigenvalue weighted by molar-refractivity contribution is -0.133. The molecular weight excluding hydrogens is 448 g/mol. The molecule has 9 nitrogen and oxygen atoms in total. The Kier molecular flexibility index (Phi) is 6.38. The fourth-order valence-electron chi connectivity index (χ4n) is 3.97. The summed E-state index contributed by atoms with van der Waals surface area (Å²) in [5.41, 5.74) is 0.225. The number of anilines is 1. The number of carbonyl (C=O) groups excluding carboxylic acids is 3. The molecule has 0 aliphatic carbocycles. The van der Waals surface area contributed by atoms with E-state index in [1.807, 2.05) is 6.07 Å². The number of imide groups is 1. The van der Waals surface area contributed by atoms with Crippen LogP contribution in [-0.2, 0) is 15.1 Å². The molecular formula is C26H22N4O5. The van der Waals surface area contributed by atoms with Crippen LogP contribution in [0.15, 0.2) is 72.8 Å². The summed E-state index contributed by atoms with van der Waals surface area (Å²) in [6.07, 6.45) is 0. The number of methoxy groups -OCH3 is 2. The van der Waals surface area contributed by atoms with Crippen LogP contribution in [0.4, 0.5) is 10.5 Å². The number of nitrogens with one attached hydrogen (secondary N) is 2. The third-order valence-corrected chi connectivity index (χ3v) is 5.73. The molecule has 9 heteroatoms. The molecule has 4 rings (SSSR count). The molecule has 1 saturated heterocycles. The zero-order chi connectivity index (χ0) is 25.0. The molecule has 1 aliphatic heterocycles. The summed E-state index contributed by atoms with van der Waals surface area (Å²) in [5, 5.41) is 14.5. The van der Waals surface area contributed by atoms with Gasteiger partial charge in [-0.15, -0.1) is 0 Å². The van der Waals surface area contributed by atoms with Crippen molar-refractivity contribution >= 4 is 23.5 Å². The number of hydrogen-bond acceptors (Lipinski definition) is 6. The summed E-state index contributed by atoms with van der Waals surface area (Å²) < 4.78 is 10.4. The third kappa shape index (κ3) is 4.37. The van der Waals surface area contributed by atoms with Crippen molar-refractivity contribution in [1.29, 1.82) is 5.26 Å². The highest BCUT2D eigenvalue weighted by molar-refractivity contribution is 6.12. The summed E-state index contributed by atoms with van der Waals surface area (Å²) in [5.74, 6) is 0.0000780. The van der Waals surface area contributed by atoms with Crippen LogP contribution in [0.1, 0.15) is 16.7 Å². The molecule has 35 heavy (non-hydrogen) atoms. The van der Waals surface area contributed by atoms with Crippen LogP contribution < -0.4 is 20.1 Å². The molecule has 3 aromatic rings. The van der Waals surface area contributed by atoms with Crippen LogP contribution in [0, 0.1) is 11.3 Å². The van der Waals surface area contributed by atoms with Gasteiger partial charge in [-0.3, -0.25) is 14.5 Å². The van der Waals surface area contributed by atoms with Crippen molar-refractivity contribution in [2.45, 2.75) is 5.54 Å². The Labute approximate surface area is 201 Å². The standard InChI is InChI=1S/C26H22N4O5/c1-34-21-10-6-18(7-11-21)26(19-8-12-22(35-2)13-9-19)24(32)30(25(33)29-26)16-23(31)28-20-5-3-4-17(14-20)15-27/h3-14H,16H2,1-2H3,(H,28,31)(H,29,33). The predicted octanol–water partition coefficient (Wildman–Crippen LogP) is 3.01. The molecule has 3 aromatic carbocycles. The largest absolute Gasteiger partial charge is 0.497 e. The van der Waals surface area contributed by atoms with Gasteiger partial charge in [0.15, 0.2) is 5.54 Å². The number of rotatable bonds is 7. The summed E-state index contributed by atoms with van der Waals surface area (Å²) in [7, 11) is 3.06. The average molecular weight is 470 g/mol. The summed E-state index contributed by atoms with van der Waals surface area (Å²) in [6.45, 7) is -0.504. The Morgan fingerprint density at radius 2 is 1.54 bits per heavy atom. The predicted molar refractivity (Wildman–Crippen MR) is 127 cm³/mol. The minimum atomic E-state index is -1.55. The Morgan fingerprint density at radius 1 is 0.971 bits per heavy atom. The van der Waals surface area contributed by atoms with Gasteiger partial charge < -0.3 is 20.1 Å². The van der Waals surface area contributed by atoms with Gasteiger partial charge in [0.2, 0.25) is 5.91 Å². The number of benzene rings is 3. The lowest BCUT2D eigenvalue weighted by Gasteiger charge is -2.28. The summed E-state index contributed by atoms with van der Waals surface area (Å²) in [6, 6.07) is 21.2. The lowest BCUT2D eigenvalue weighted by atomic mass is 9.82. The molecule has 0 saturated carbocycles. The van der Waals surface area contributed by atoms with E-state index in [0.29, 0.717) is 33.9 Å². The minimum absolute atomic E-state index is 0.371. The van der Waals surface area contributed by atoms with Crippen LogP contribution in [0.25, 0.3) is 0 Å². The van der Waals surface area contributed by atoms with Gasteiger partial charge in [-0.25, -0.2) is 4.79 Å². The number of amides is 4. The first kappa shape index (κ1) is 23.3. The molecule has 1 heterocycles. The number of urea groups is 1. The molecule has 1 fully saturated rings. The van der Waals surface area contributed by atoms with Gasteiger partial charge in [0.05, 0.1) is 25.9 Å². The van der Waals surface area contributed by atoms with Gasteiger partial charge in [0, 0.05) is 5.69 Å². The normalized spacial score (nSPS) is 14.1. The van der Waals surface area contributed by atoms with Crippen LogP contribution in [-0.4, -0.2) is 43.5 Å². The molecule has 0 spiro atoms. The second-order valence-electron chi connectivity index (χ2n) is 7.77. The van der Waals surface area contributed by atoms with E-state index in [1.165, 1.54) is 20.3 Å². The molecule has 1 aliphatic rings. The molecule has 0 unspecified atom stereocenters. The maximum Gasteiger partial charge on any atom is 0.326 e. The van der Waals surface area contributed by atoms with Crippen molar-refractivity contribution < 1.29 is 23.9 Å². The minimum Gasteiger partial charge on any atom is -0.497 e. The molecule has 0 atom stereocenters. The number of carbonyl (C=O) groups is 3. The van der Waals surface area contributed by atoms with Crippen LogP contribution in [0.3, 0.4) is 0 Å². The zero-order valence-corrected chi connectivity index (χ0v) is 19.1. The van der Waals surface area contributed by atoms with E-state index in [1.54, 1.807) is 66.7 Å². The highest BCUT2D eigenvalue weighted by atomic mass is 16.5. The van der Waals surface area contributed by atoms with E-state index in [0.717, 1.165) is 4.90 Å². The van der Waals surface area contributed by atoms with E-state index >= 15 is 0 Å². The Bertz CT molecular complexity index is 1270. The van der Waals surface area contributed by atoms with Crippen LogP contribution in [0.5, 0.6) is 11.5 Å². The first-order valence-electron chi connectivity index (χ1n) is 10.6. The molecule has 0 radical (unpaired) electrons. The maximum absolute atomic E-state index is 13.8. The van der Waals surface area contributed by atoms with E-state index in [2.05, 4.69) is 10.6 Å². The van der Waals surface area contributed by atoms with Crippen molar-refractivity contribution in [2.24, 2.45) is 0 Å². The summed E-state index contributed by atoms with van der Waals surface area (Å²) in [4.78, 5) is 40.4. The Morgan fingerprint density at radius 3 is 2.06 bits per heavy atom. The quantitative estimate of drug-likeness (QED) is 0.512. The average Bonchev–Trinajstić information content (AvgIpc) is 3.14. The van der Waals surface area contributed by atoms with Gasteiger partial charge in [0.1, 0.15) is 18.0 Å². The number of ether oxygens (including phenoxy) is 2. The fraction of sp³-hybridized carbons (Fsp3) is 0.154. The van der Waals surface area contributed by atoms with Crippen molar-refractivity contribution in [2.75, 3.05) is 26.1 Å². The smallest absolute Gasteiger partial charge is 0.326 e. The first-order valence-corrected chi connectivity index (χ1v) is 10.6. The maximum atomic E-state index is 13.8.